The average Bonchev–Trinajstić information content (AvgIpc) is 2.13. The number of aryl methyl sites for hydroxylation is 1. The van der Waals surface area contributed by atoms with Crippen molar-refractivity contribution in [3.8, 4) is 0 Å². The first kappa shape index (κ1) is 10.5. The lowest BCUT2D eigenvalue weighted by Crippen LogP contribution is -2.05. The zero-order valence-corrected chi connectivity index (χ0v) is 9.13. The van der Waals surface area contributed by atoms with Crippen molar-refractivity contribution in [2.75, 3.05) is 18.5 Å². The molecule has 0 aromatic carbocycles. The van der Waals surface area contributed by atoms with Gasteiger partial charge in [0.05, 0.1) is 4.47 Å². The number of aliphatic hydroxyl groups excluding tert-OH is 1. The average molecular weight is 245 g/mol. The quantitative estimate of drug-likeness (QED) is 0.797. The standard InChI is InChI=1S/C9H13BrN2O/c1-7-3-5-12-9(8(7)10)11-4-2-6-13/h3,5,13H,2,4,6H2,1H3,(H,11,12). The van der Waals surface area contributed by atoms with Crippen LogP contribution in [0, 0.1) is 6.92 Å². The van der Waals surface area contributed by atoms with Crippen LogP contribution in [-0.2, 0) is 0 Å². The van der Waals surface area contributed by atoms with Gasteiger partial charge in [-0.15, -0.1) is 0 Å². The minimum atomic E-state index is 0.205. The smallest absolute Gasteiger partial charge is 0.140 e. The summed E-state index contributed by atoms with van der Waals surface area (Å²) < 4.78 is 0.993. The Bertz CT molecular complexity index is 278. The Hall–Kier alpha value is -0.610. The number of hydrogen-bond donors (Lipinski definition) is 2. The maximum absolute atomic E-state index is 8.60. The molecule has 3 nitrogen and oxygen atoms in total. The predicted octanol–water partition coefficient (Wildman–Crippen LogP) is 1.95. The van der Waals surface area contributed by atoms with Gasteiger partial charge in [0.1, 0.15) is 5.82 Å². The minimum absolute atomic E-state index is 0.205. The third kappa shape index (κ3) is 2.97. The highest BCUT2D eigenvalue weighted by Crippen LogP contribution is 2.22. The molecule has 1 heterocycles. The molecule has 0 spiro atoms. The van der Waals surface area contributed by atoms with Crippen LogP contribution in [0.1, 0.15) is 12.0 Å². The van der Waals surface area contributed by atoms with Gasteiger partial charge in [-0.3, -0.25) is 0 Å². The van der Waals surface area contributed by atoms with Crippen molar-refractivity contribution in [3.63, 3.8) is 0 Å². The highest BCUT2D eigenvalue weighted by Gasteiger charge is 2.01. The first-order chi connectivity index (χ1) is 6.25. The zero-order chi connectivity index (χ0) is 9.68. The van der Waals surface area contributed by atoms with Crippen LogP contribution in [0.25, 0.3) is 0 Å². The van der Waals surface area contributed by atoms with E-state index in [1.54, 1.807) is 6.20 Å². The van der Waals surface area contributed by atoms with Crippen molar-refractivity contribution in [1.82, 2.24) is 4.98 Å². The van der Waals surface area contributed by atoms with Gasteiger partial charge in [0, 0.05) is 19.3 Å². The summed E-state index contributed by atoms with van der Waals surface area (Å²) in [5.41, 5.74) is 1.15. The number of pyridine rings is 1. The zero-order valence-electron chi connectivity index (χ0n) is 7.55. The van der Waals surface area contributed by atoms with Crippen LogP contribution in [0.5, 0.6) is 0 Å². The second-order valence-electron chi connectivity index (χ2n) is 2.79. The third-order valence-electron chi connectivity index (χ3n) is 1.71. The number of hydrogen-bond acceptors (Lipinski definition) is 3. The maximum Gasteiger partial charge on any atom is 0.140 e. The summed E-state index contributed by atoms with van der Waals surface area (Å²) in [6.45, 7) is 2.96. The van der Waals surface area contributed by atoms with Gasteiger partial charge in [-0.2, -0.15) is 0 Å². The molecule has 0 saturated carbocycles. The van der Waals surface area contributed by atoms with Gasteiger partial charge in [-0.05, 0) is 40.9 Å². The predicted molar refractivity (Wildman–Crippen MR) is 56.9 cm³/mol. The second kappa shape index (κ2) is 5.19. The number of nitrogens with zero attached hydrogens (tertiary/aromatic N) is 1. The van der Waals surface area contributed by atoms with Crippen LogP contribution in [0.3, 0.4) is 0 Å². The summed E-state index contributed by atoms with van der Waals surface area (Å²) in [7, 11) is 0. The van der Waals surface area contributed by atoms with Gasteiger partial charge in [-0.25, -0.2) is 4.98 Å². The molecule has 13 heavy (non-hydrogen) atoms. The van der Waals surface area contributed by atoms with E-state index in [9.17, 15) is 0 Å². The summed E-state index contributed by atoms with van der Waals surface area (Å²) in [5, 5.41) is 11.7. The van der Waals surface area contributed by atoms with Crippen LogP contribution < -0.4 is 5.32 Å². The summed E-state index contributed by atoms with van der Waals surface area (Å²) >= 11 is 3.44. The van der Waals surface area contributed by atoms with Crippen molar-refractivity contribution in [3.05, 3.63) is 22.3 Å². The van der Waals surface area contributed by atoms with Crippen LogP contribution in [0.15, 0.2) is 16.7 Å². The Kier molecular flexibility index (Phi) is 4.18. The summed E-state index contributed by atoms with van der Waals surface area (Å²) in [6, 6.07) is 1.95. The largest absolute Gasteiger partial charge is 0.396 e. The van der Waals surface area contributed by atoms with E-state index in [1.165, 1.54) is 0 Å². The van der Waals surface area contributed by atoms with Gasteiger partial charge in [0.25, 0.3) is 0 Å². The molecule has 0 atom stereocenters. The first-order valence-corrected chi connectivity index (χ1v) is 5.01. The lowest BCUT2D eigenvalue weighted by atomic mass is 10.3. The Morgan fingerprint density at radius 1 is 1.62 bits per heavy atom. The molecule has 0 aliphatic rings. The number of nitrogens with one attached hydrogen (secondary N) is 1. The Labute approximate surface area is 86.3 Å². The first-order valence-electron chi connectivity index (χ1n) is 4.21. The Morgan fingerprint density at radius 3 is 3.08 bits per heavy atom. The highest BCUT2D eigenvalue weighted by molar-refractivity contribution is 9.10. The molecular weight excluding hydrogens is 232 g/mol. The normalized spacial score (nSPS) is 10.1. The number of anilines is 1. The van der Waals surface area contributed by atoms with E-state index >= 15 is 0 Å². The maximum atomic E-state index is 8.60. The Morgan fingerprint density at radius 2 is 2.38 bits per heavy atom. The van der Waals surface area contributed by atoms with Crippen molar-refractivity contribution in [1.29, 1.82) is 0 Å². The SMILES string of the molecule is Cc1ccnc(NCCCO)c1Br. The molecule has 0 fully saturated rings. The number of aliphatic hydroxyl groups is 1. The topological polar surface area (TPSA) is 45.2 Å². The van der Waals surface area contributed by atoms with E-state index < -0.39 is 0 Å². The molecule has 1 aromatic heterocycles. The lowest BCUT2D eigenvalue weighted by Gasteiger charge is -2.07. The van der Waals surface area contributed by atoms with E-state index in [4.69, 9.17) is 5.11 Å². The molecule has 0 radical (unpaired) electrons. The number of halogens is 1. The molecule has 0 bridgehead atoms. The molecule has 72 valence electrons. The fraction of sp³-hybridized carbons (Fsp3) is 0.444. The van der Waals surface area contributed by atoms with Crippen LogP contribution >= 0.6 is 15.9 Å². The van der Waals surface area contributed by atoms with E-state index in [2.05, 4.69) is 26.2 Å². The highest BCUT2D eigenvalue weighted by atomic mass is 79.9. The fourth-order valence-corrected chi connectivity index (χ4v) is 1.32. The number of aromatic nitrogens is 1. The fourth-order valence-electron chi connectivity index (χ4n) is 0.949. The molecule has 4 heteroatoms. The third-order valence-corrected chi connectivity index (χ3v) is 2.71. The molecular formula is C9H13BrN2O. The van der Waals surface area contributed by atoms with Crippen molar-refractivity contribution >= 4 is 21.7 Å². The summed E-state index contributed by atoms with van der Waals surface area (Å²) in [5.74, 6) is 0.841. The van der Waals surface area contributed by atoms with Gasteiger partial charge in [0.15, 0.2) is 0 Å². The van der Waals surface area contributed by atoms with E-state index in [0.717, 1.165) is 28.8 Å². The Balaban J connectivity index is 2.61. The van der Waals surface area contributed by atoms with E-state index in [-0.39, 0.29) is 6.61 Å². The minimum Gasteiger partial charge on any atom is -0.396 e. The molecule has 0 amide bonds. The second-order valence-corrected chi connectivity index (χ2v) is 3.59. The van der Waals surface area contributed by atoms with Gasteiger partial charge in [0.2, 0.25) is 0 Å². The van der Waals surface area contributed by atoms with Gasteiger partial charge < -0.3 is 10.4 Å². The van der Waals surface area contributed by atoms with Gasteiger partial charge >= 0.3 is 0 Å². The molecule has 0 unspecified atom stereocenters. The molecule has 0 aliphatic carbocycles. The molecule has 0 saturated heterocycles. The summed E-state index contributed by atoms with van der Waals surface area (Å²) in [6.07, 6.45) is 2.50. The monoisotopic (exact) mass is 244 g/mol. The molecule has 2 N–H and O–H groups in total. The van der Waals surface area contributed by atoms with Crippen LogP contribution in [0.4, 0.5) is 5.82 Å². The van der Waals surface area contributed by atoms with Crippen molar-refractivity contribution < 1.29 is 5.11 Å². The van der Waals surface area contributed by atoms with E-state index in [0.29, 0.717) is 0 Å². The van der Waals surface area contributed by atoms with Gasteiger partial charge in [-0.1, -0.05) is 0 Å². The number of rotatable bonds is 4. The molecule has 1 aromatic rings. The van der Waals surface area contributed by atoms with Crippen LogP contribution in [-0.4, -0.2) is 23.2 Å². The van der Waals surface area contributed by atoms with Crippen molar-refractivity contribution in [2.24, 2.45) is 0 Å². The molecule has 1 rings (SSSR count). The van der Waals surface area contributed by atoms with Crippen molar-refractivity contribution in [2.45, 2.75) is 13.3 Å². The summed E-state index contributed by atoms with van der Waals surface area (Å²) in [4.78, 5) is 4.17. The lowest BCUT2D eigenvalue weighted by molar-refractivity contribution is 0.292. The molecule has 0 aliphatic heterocycles. The van der Waals surface area contributed by atoms with E-state index in [1.807, 2.05) is 13.0 Å². The van der Waals surface area contributed by atoms with Crippen LogP contribution in [0.2, 0.25) is 0 Å².